The average molecular weight is 310 g/mol. The normalized spacial score (nSPS) is 23.7. The van der Waals surface area contributed by atoms with Gasteiger partial charge in [-0.3, -0.25) is 4.79 Å². The molecular weight excluding hydrogens is 297 g/mol. The number of Topliss-reactive ketones (excluding diaryl/α,β-unsaturated/α-hetero) is 1. The fraction of sp³-hybridized carbons (Fsp3) is 0.429. The average Bonchev–Trinajstić information content (AvgIpc) is 2.37. The Labute approximate surface area is 114 Å². The first-order valence-electron chi connectivity index (χ1n) is 5.96. The van der Waals surface area contributed by atoms with Gasteiger partial charge in [-0.15, -0.1) is 0 Å². The van der Waals surface area contributed by atoms with Gasteiger partial charge >= 0.3 is 0 Å². The van der Waals surface area contributed by atoms with Crippen molar-refractivity contribution >= 4 is 21.7 Å². The summed E-state index contributed by atoms with van der Waals surface area (Å²) in [6, 6.07) is 6.84. The molecule has 0 bridgehead atoms. The molecule has 4 heteroatoms. The zero-order valence-corrected chi connectivity index (χ0v) is 11.5. The van der Waals surface area contributed by atoms with Crippen LogP contribution in [-0.2, 0) is 11.2 Å². The van der Waals surface area contributed by atoms with Crippen LogP contribution in [0.15, 0.2) is 22.7 Å². The highest BCUT2D eigenvalue weighted by molar-refractivity contribution is 9.10. The molecule has 18 heavy (non-hydrogen) atoms. The van der Waals surface area contributed by atoms with Gasteiger partial charge < -0.3 is 0 Å². The molecule has 1 atom stereocenters. The van der Waals surface area contributed by atoms with Crippen LogP contribution in [0.5, 0.6) is 0 Å². The first kappa shape index (κ1) is 13.2. The maximum atomic E-state index is 13.2. The summed E-state index contributed by atoms with van der Waals surface area (Å²) in [6.07, 6.45) is 3.24. The van der Waals surface area contributed by atoms with E-state index >= 15 is 0 Å². The van der Waals surface area contributed by atoms with E-state index in [1.165, 1.54) is 6.07 Å². The van der Waals surface area contributed by atoms with Crippen molar-refractivity contribution in [3.05, 3.63) is 34.1 Å². The van der Waals surface area contributed by atoms with Gasteiger partial charge in [0, 0.05) is 6.42 Å². The second kappa shape index (κ2) is 5.19. The number of hydrogen-bond acceptors (Lipinski definition) is 2. The summed E-state index contributed by atoms with van der Waals surface area (Å²) in [4.78, 5) is 12.0. The minimum absolute atomic E-state index is 0.0247. The van der Waals surface area contributed by atoms with Gasteiger partial charge in [-0.1, -0.05) is 12.5 Å². The summed E-state index contributed by atoms with van der Waals surface area (Å²) in [7, 11) is 0. The highest BCUT2D eigenvalue weighted by Gasteiger charge is 2.40. The van der Waals surface area contributed by atoms with Crippen LogP contribution in [0, 0.1) is 22.6 Å². The van der Waals surface area contributed by atoms with Gasteiger partial charge in [-0.25, -0.2) is 4.39 Å². The smallest absolute Gasteiger partial charge is 0.153 e. The number of ketones is 1. The number of halogens is 2. The molecule has 1 unspecified atom stereocenters. The van der Waals surface area contributed by atoms with E-state index in [0.717, 1.165) is 18.4 Å². The largest absolute Gasteiger partial charge is 0.298 e. The fourth-order valence-corrected chi connectivity index (χ4v) is 2.86. The van der Waals surface area contributed by atoms with Gasteiger partial charge in [0.25, 0.3) is 0 Å². The van der Waals surface area contributed by atoms with Crippen LogP contribution in [0.3, 0.4) is 0 Å². The molecule has 0 spiro atoms. The third-order valence-corrected chi connectivity index (χ3v) is 4.10. The molecule has 2 nitrogen and oxygen atoms in total. The summed E-state index contributed by atoms with van der Waals surface area (Å²) in [5.74, 6) is -0.309. The molecule has 1 aromatic carbocycles. The van der Waals surface area contributed by atoms with Gasteiger partial charge in [-0.2, -0.15) is 5.26 Å². The van der Waals surface area contributed by atoms with Gasteiger partial charge in [0.2, 0.25) is 0 Å². The first-order chi connectivity index (χ1) is 8.57. The molecule has 0 aromatic heterocycles. The molecule has 1 aliphatic rings. The molecule has 0 aliphatic heterocycles. The fourth-order valence-electron chi connectivity index (χ4n) is 2.43. The lowest BCUT2D eigenvalue weighted by Crippen LogP contribution is -2.34. The number of nitriles is 1. The predicted molar refractivity (Wildman–Crippen MR) is 69.3 cm³/mol. The van der Waals surface area contributed by atoms with Crippen molar-refractivity contribution < 1.29 is 9.18 Å². The second-order valence-electron chi connectivity index (χ2n) is 4.75. The zero-order valence-electron chi connectivity index (χ0n) is 9.88. The Morgan fingerprint density at radius 1 is 1.44 bits per heavy atom. The Kier molecular flexibility index (Phi) is 3.82. The molecule has 0 amide bonds. The molecule has 94 valence electrons. The molecule has 1 aromatic rings. The highest BCUT2D eigenvalue weighted by Crippen LogP contribution is 2.36. The maximum Gasteiger partial charge on any atom is 0.153 e. The zero-order chi connectivity index (χ0) is 13.2. The van der Waals surface area contributed by atoms with E-state index in [1.807, 2.05) is 0 Å². The summed E-state index contributed by atoms with van der Waals surface area (Å²) < 4.78 is 13.5. The SMILES string of the molecule is N#CC1(Cc2ccc(F)c(Br)c2)CCCCC1=O. The minimum atomic E-state index is -0.907. The number of carbonyl (C=O) groups excluding carboxylic acids is 1. The lowest BCUT2D eigenvalue weighted by atomic mass is 9.70. The van der Waals surface area contributed by atoms with Crippen LogP contribution in [-0.4, -0.2) is 5.78 Å². The molecule has 0 heterocycles. The molecule has 2 rings (SSSR count). The van der Waals surface area contributed by atoms with Crippen LogP contribution >= 0.6 is 15.9 Å². The van der Waals surface area contributed by atoms with Crippen molar-refractivity contribution in [3.8, 4) is 6.07 Å². The number of carbonyl (C=O) groups is 1. The van der Waals surface area contributed by atoms with Crippen molar-refractivity contribution in [2.24, 2.45) is 5.41 Å². The van der Waals surface area contributed by atoms with Crippen molar-refractivity contribution in [3.63, 3.8) is 0 Å². The lowest BCUT2D eigenvalue weighted by molar-refractivity contribution is -0.128. The molecule has 0 N–H and O–H groups in total. The third kappa shape index (κ3) is 2.46. The van der Waals surface area contributed by atoms with Crippen LogP contribution in [0.4, 0.5) is 4.39 Å². The van der Waals surface area contributed by atoms with Crippen LogP contribution in [0.1, 0.15) is 31.2 Å². The van der Waals surface area contributed by atoms with Crippen molar-refractivity contribution in [2.45, 2.75) is 32.1 Å². The Hall–Kier alpha value is -1.21. The number of rotatable bonds is 2. The van der Waals surface area contributed by atoms with E-state index in [9.17, 15) is 14.4 Å². The third-order valence-electron chi connectivity index (χ3n) is 3.50. The van der Waals surface area contributed by atoms with E-state index < -0.39 is 5.41 Å². The Morgan fingerprint density at radius 2 is 2.22 bits per heavy atom. The number of nitrogens with zero attached hydrogens (tertiary/aromatic N) is 1. The van der Waals surface area contributed by atoms with Crippen LogP contribution in [0.2, 0.25) is 0 Å². The quantitative estimate of drug-likeness (QED) is 0.834. The molecule has 0 saturated heterocycles. The van der Waals surface area contributed by atoms with E-state index in [4.69, 9.17) is 0 Å². The van der Waals surface area contributed by atoms with Crippen molar-refractivity contribution in [1.82, 2.24) is 0 Å². The summed E-state index contributed by atoms with van der Waals surface area (Å²) >= 11 is 3.12. The summed E-state index contributed by atoms with van der Waals surface area (Å²) in [5, 5.41) is 9.34. The first-order valence-corrected chi connectivity index (χ1v) is 6.75. The number of hydrogen-bond donors (Lipinski definition) is 0. The molecule has 1 fully saturated rings. The number of benzene rings is 1. The molecule has 1 saturated carbocycles. The summed E-state index contributed by atoms with van der Waals surface area (Å²) in [5.41, 5.74) is -0.0877. The monoisotopic (exact) mass is 309 g/mol. The Bertz CT molecular complexity index is 523. The standard InChI is InChI=1S/C14H13BrFNO/c15-11-7-10(4-5-12(11)16)8-14(9-17)6-2-1-3-13(14)18/h4-5,7H,1-3,6,8H2. The minimum Gasteiger partial charge on any atom is -0.298 e. The lowest BCUT2D eigenvalue weighted by Gasteiger charge is -2.29. The van der Waals surface area contributed by atoms with Gasteiger partial charge in [0.1, 0.15) is 11.2 Å². The van der Waals surface area contributed by atoms with Crippen molar-refractivity contribution in [1.29, 1.82) is 5.26 Å². The molecule has 0 radical (unpaired) electrons. The van der Waals surface area contributed by atoms with Crippen molar-refractivity contribution in [2.75, 3.05) is 0 Å². The van der Waals surface area contributed by atoms with Crippen LogP contribution < -0.4 is 0 Å². The Morgan fingerprint density at radius 3 is 2.83 bits per heavy atom. The van der Waals surface area contributed by atoms with E-state index in [-0.39, 0.29) is 11.6 Å². The van der Waals surface area contributed by atoms with Gasteiger partial charge in [0.15, 0.2) is 5.78 Å². The Balaban J connectivity index is 2.27. The molecule has 1 aliphatic carbocycles. The second-order valence-corrected chi connectivity index (χ2v) is 5.60. The molecular formula is C14H13BrFNO. The predicted octanol–water partition coefficient (Wildman–Crippen LogP) is 3.78. The van der Waals surface area contributed by atoms with E-state index in [1.54, 1.807) is 12.1 Å². The summed E-state index contributed by atoms with van der Waals surface area (Å²) in [6.45, 7) is 0. The maximum absolute atomic E-state index is 13.2. The van der Waals surface area contributed by atoms with Crippen LogP contribution in [0.25, 0.3) is 0 Å². The highest BCUT2D eigenvalue weighted by atomic mass is 79.9. The van der Waals surface area contributed by atoms with Gasteiger partial charge in [0.05, 0.1) is 10.5 Å². The van der Waals surface area contributed by atoms with E-state index in [2.05, 4.69) is 22.0 Å². The topological polar surface area (TPSA) is 40.9 Å². The van der Waals surface area contributed by atoms with Gasteiger partial charge in [-0.05, 0) is 52.9 Å². The van der Waals surface area contributed by atoms with E-state index in [0.29, 0.717) is 23.7 Å².